The molecule has 0 saturated heterocycles. The topological polar surface area (TPSA) is 60.9 Å². The van der Waals surface area contributed by atoms with Gasteiger partial charge in [0.2, 0.25) is 5.91 Å². The summed E-state index contributed by atoms with van der Waals surface area (Å²) < 4.78 is 15.9. The highest BCUT2D eigenvalue weighted by molar-refractivity contribution is 5.91. The molecule has 3 aromatic rings. The van der Waals surface area contributed by atoms with Gasteiger partial charge in [-0.25, -0.2) is 0 Å². The minimum absolute atomic E-state index is 0.0950. The minimum atomic E-state index is -0.0950. The number of aromatic nitrogens is 1. The lowest BCUT2D eigenvalue weighted by molar-refractivity contribution is -0.127. The van der Waals surface area contributed by atoms with E-state index < -0.39 is 0 Å². The Balaban J connectivity index is 1.81. The van der Waals surface area contributed by atoms with Gasteiger partial charge >= 0.3 is 0 Å². The third-order valence-electron chi connectivity index (χ3n) is 4.79. The van der Waals surface area contributed by atoms with E-state index in [9.17, 15) is 4.79 Å². The Morgan fingerprint density at radius 1 is 0.839 bits per heavy atom. The molecule has 1 heterocycles. The van der Waals surface area contributed by atoms with Gasteiger partial charge in [0.1, 0.15) is 5.75 Å². The van der Waals surface area contributed by atoms with E-state index in [1.54, 1.807) is 50.8 Å². The zero-order valence-electron chi connectivity index (χ0n) is 17.9. The minimum Gasteiger partial charge on any atom is -0.497 e. The van der Waals surface area contributed by atoms with Crippen LogP contribution in [0.25, 0.3) is 6.08 Å². The summed E-state index contributed by atoms with van der Waals surface area (Å²) in [6, 6.07) is 17.0. The maximum Gasteiger partial charge on any atom is 0.247 e. The van der Waals surface area contributed by atoms with Gasteiger partial charge in [-0.2, -0.15) is 0 Å². The van der Waals surface area contributed by atoms with Crippen LogP contribution in [-0.2, 0) is 17.9 Å². The lowest BCUT2D eigenvalue weighted by atomic mass is 10.1. The molecule has 0 spiro atoms. The fourth-order valence-electron chi connectivity index (χ4n) is 3.11. The molecule has 1 aromatic heterocycles. The van der Waals surface area contributed by atoms with Gasteiger partial charge in [0.15, 0.2) is 11.5 Å². The van der Waals surface area contributed by atoms with Crippen molar-refractivity contribution >= 4 is 12.0 Å². The molecule has 0 atom stereocenters. The zero-order valence-corrected chi connectivity index (χ0v) is 17.9. The number of carbonyl (C=O) groups is 1. The third-order valence-corrected chi connectivity index (χ3v) is 4.79. The molecule has 0 aliphatic carbocycles. The van der Waals surface area contributed by atoms with Crippen molar-refractivity contribution in [3.63, 3.8) is 0 Å². The van der Waals surface area contributed by atoms with E-state index in [1.165, 1.54) is 0 Å². The van der Waals surface area contributed by atoms with Crippen molar-refractivity contribution in [1.82, 2.24) is 9.88 Å². The summed E-state index contributed by atoms with van der Waals surface area (Å²) in [6.07, 6.45) is 6.84. The summed E-state index contributed by atoms with van der Waals surface area (Å²) in [6.45, 7) is 0.886. The number of hydrogen-bond acceptors (Lipinski definition) is 5. The Hall–Kier alpha value is -3.80. The van der Waals surface area contributed by atoms with Crippen LogP contribution in [0.1, 0.15) is 16.7 Å². The summed E-state index contributed by atoms with van der Waals surface area (Å²) in [5, 5.41) is 0. The normalized spacial score (nSPS) is 10.7. The first kappa shape index (κ1) is 21.9. The second-order valence-electron chi connectivity index (χ2n) is 6.85. The Bertz CT molecular complexity index is 1020. The second-order valence-corrected chi connectivity index (χ2v) is 6.85. The van der Waals surface area contributed by atoms with Crippen molar-refractivity contribution < 1.29 is 19.0 Å². The van der Waals surface area contributed by atoms with Crippen LogP contribution in [0.3, 0.4) is 0 Å². The standard InChI is InChI=1S/C25H26N2O4/c1-29-22-8-4-19(5-9-22)7-11-25(28)27(17-20-12-14-26-15-13-20)18-21-6-10-23(30-2)24(16-21)31-3/h4-16H,17-18H2,1-3H3. The number of nitrogens with zero attached hydrogens (tertiary/aromatic N) is 2. The molecule has 0 radical (unpaired) electrons. The van der Waals surface area contributed by atoms with E-state index in [2.05, 4.69) is 4.98 Å². The molecule has 6 heteroatoms. The number of amides is 1. The number of ether oxygens (including phenoxy) is 3. The molecule has 0 bridgehead atoms. The van der Waals surface area contributed by atoms with Crippen LogP contribution in [0, 0.1) is 0 Å². The Morgan fingerprint density at radius 2 is 1.52 bits per heavy atom. The Labute approximate surface area is 182 Å². The summed E-state index contributed by atoms with van der Waals surface area (Å²) >= 11 is 0. The maximum atomic E-state index is 13.1. The van der Waals surface area contributed by atoms with E-state index in [4.69, 9.17) is 14.2 Å². The van der Waals surface area contributed by atoms with Crippen LogP contribution >= 0.6 is 0 Å². The van der Waals surface area contributed by atoms with Crippen molar-refractivity contribution in [3.8, 4) is 17.2 Å². The van der Waals surface area contributed by atoms with E-state index in [0.29, 0.717) is 24.6 Å². The summed E-state index contributed by atoms with van der Waals surface area (Å²) in [4.78, 5) is 18.9. The van der Waals surface area contributed by atoms with Crippen molar-refractivity contribution in [3.05, 3.63) is 89.8 Å². The number of pyridine rings is 1. The quantitative estimate of drug-likeness (QED) is 0.484. The molecule has 0 fully saturated rings. The van der Waals surface area contributed by atoms with Crippen LogP contribution in [0.15, 0.2) is 73.1 Å². The maximum absolute atomic E-state index is 13.1. The summed E-state index contributed by atoms with van der Waals surface area (Å²) in [5.74, 6) is 1.96. The SMILES string of the molecule is COc1ccc(C=CC(=O)N(Cc2ccncc2)Cc2ccc(OC)c(OC)c2)cc1. The highest BCUT2D eigenvalue weighted by atomic mass is 16.5. The highest BCUT2D eigenvalue weighted by Crippen LogP contribution is 2.28. The number of rotatable bonds is 9. The monoisotopic (exact) mass is 418 g/mol. The van der Waals surface area contributed by atoms with E-state index in [-0.39, 0.29) is 5.91 Å². The number of hydrogen-bond donors (Lipinski definition) is 0. The predicted octanol–water partition coefficient (Wildman–Crippen LogP) is 4.35. The van der Waals surface area contributed by atoms with Gasteiger partial charge in [0, 0.05) is 31.6 Å². The Morgan fingerprint density at radius 3 is 2.16 bits per heavy atom. The lowest BCUT2D eigenvalue weighted by Gasteiger charge is -2.22. The molecular weight excluding hydrogens is 392 g/mol. The van der Waals surface area contributed by atoms with Crippen LogP contribution in [0.4, 0.5) is 0 Å². The van der Waals surface area contributed by atoms with Crippen LogP contribution in [0.2, 0.25) is 0 Å². The average Bonchev–Trinajstić information content (AvgIpc) is 2.83. The fourth-order valence-corrected chi connectivity index (χ4v) is 3.11. The van der Waals surface area contributed by atoms with Crippen molar-refractivity contribution in [2.75, 3.05) is 21.3 Å². The van der Waals surface area contributed by atoms with Gasteiger partial charge in [0.05, 0.1) is 21.3 Å². The molecule has 0 unspecified atom stereocenters. The molecule has 0 aliphatic rings. The molecule has 0 N–H and O–H groups in total. The molecule has 1 amide bonds. The second kappa shape index (κ2) is 10.8. The van der Waals surface area contributed by atoms with Gasteiger partial charge in [-0.15, -0.1) is 0 Å². The summed E-state index contributed by atoms with van der Waals surface area (Å²) in [5.41, 5.74) is 2.86. The first-order valence-electron chi connectivity index (χ1n) is 9.83. The third kappa shape index (κ3) is 6.09. The predicted molar refractivity (Wildman–Crippen MR) is 120 cm³/mol. The lowest BCUT2D eigenvalue weighted by Crippen LogP contribution is -2.28. The molecule has 0 aliphatic heterocycles. The average molecular weight is 418 g/mol. The molecule has 0 saturated carbocycles. The van der Waals surface area contributed by atoms with Gasteiger partial charge in [-0.1, -0.05) is 18.2 Å². The molecule has 3 rings (SSSR count). The molecule has 31 heavy (non-hydrogen) atoms. The number of methoxy groups -OCH3 is 3. The van der Waals surface area contributed by atoms with Crippen molar-refractivity contribution in [2.24, 2.45) is 0 Å². The Kier molecular flexibility index (Phi) is 7.65. The number of carbonyl (C=O) groups excluding carboxylic acids is 1. The molecular formula is C25H26N2O4. The van der Waals surface area contributed by atoms with E-state index >= 15 is 0 Å². The van der Waals surface area contributed by atoms with Gasteiger partial charge in [-0.3, -0.25) is 9.78 Å². The van der Waals surface area contributed by atoms with Crippen molar-refractivity contribution in [2.45, 2.75) is 13.1 Å². The molecule has 6 nitrogen and oxygen atoms in total. The van der Waals surface area contributed by atoms with Crippen molar-refractivity contribution in [1.29, 1.82) is 0 Å². The fraction of sp³-hybridized carbons (Fsp3) is 0.200. The van der Waals surface area contributed by atoms with Crippen LogP contribution in [0.5, 0.6) is 17.2 Å². The largest absolute Gasteiger partial charge is 0.497 e. The summed E-state index contributed by atoms with van der Waals surface area (Å²) in [7, 11) is 4.82. The van der Waals surface area contributed by atoms with Gasteiger partial charge in [-0.05, 0) is 59.2 Å². The first-order chi connectivity index (χ1) is 15.1. The zero-order chi connectivity index (χ0) is 22.1. The van der Waals surface area contributed by atoms with Crippen LogP contribution < -0.4 is 14.2 Å². The molecule has 160 valence electrons. The number of benzene rings is 2. The smallest absolute Gasteiger partial charge is 0.247 e. The van der Waals surface area contributed by atoms with Gasteiger partial charge in [0.25, 0.3) is 0 Å². The highest BCUT2D eigenvalue weighted by Gasteiger charge is 2.14. The van der Waals surface area contributed by atoms with E-state index in [1.807, 2.05) is 54.6 Å². The van der Waals surface area contributed by atoms with E-state index in [0.717, 1.165) is 22.4 Å². The first-order valence-corrected chi connectivity index (χ1v) is 9.83. The van der Waals surface area contributed by atoms with Crippen LogP contribution in [-0.4, -0.2) is 37.1 Å². The van der Waals surface area contributed by atoms with Gasteiger partial charge < -0.3 is 19.1 Å². The molecule has 2 aromatic carbocycles.